The number of hydrogen-bond acceptors (Lipinski definition) is 8. The van der Waals surface area contributed by atoms with E-state index < -0.39 is 23.2 Å². The zero-order chi connectivity index (χ0) is 30.9. The van der Waals surface area contributed by atoms with E-state index in [4.69, 9.17) is 14.1 Å². The number of anilines is 1. The van der Waals surface area contributed by atoms with Crippen molar-refractivity contribution < 1.29 is 23.0 Å². The monoisotopic (exact) mass is 610 g/mol. The highest BCUT2D eigenvalue weighted by Gasteiger charge is 2.49. The van der Waals surface area contributed by atoms with Crippen LogP contribution in [0.25, 0.3) is 33.0 Å². The number of nitrogens with zero attached hydrogens (tertiary/aromatic N) is 3. The Morgan fingerprint density at radius 3 is 2.82 bits per heavy atom. The first-order valence-electron chi connectivity index (χ1n) is 15.4. The maximum Gasteiger partial charge on any atom is 0.349 e. The van der Waals surface area contributed by atoms with Gasteiger partial charge in [0.1, 0.15) is 41.3 Å². The van der Waals surface area contributed by atoms with Crippen molar-refractivity contribution in [1.29, 1.82) is 0 Å². The summed E-state index contributed by atoms with van der Waals surface area (Å²) in [7, 11) is 0. The van der Waals surface area contributed by atoms with Crippen molar-refractivity contribution >= 4 is 27.5 Å². The van der Waals surface area contributed by atoms with Gasteiger partial charge in [-0.2, -0.15) is 9.97 Å². The van der Waals surface area contributed by atoms with Crippen LogP contribution in [-0.2, 0) is 0 Å². The molecular weight excluding hydrogens is 578 g/mol. The number of phenols is 1. The van der Waals surface area contributed by atoms with E-state index in [9.17, 15) is 14.3 Å². The lowest BCUT2D eigenvalue weighted by molar-refractivity contribution is 0.107. The largest absolute Gasteiger partial charge is 0.508 e. The Morgan fingerprint density at radius 2 is 1.98 bits per heavy atom. The summed E-state index contributed by atoms with van der Waals surface area (Å²) in [5.74, 6) is 0.0369. The molecule has 3 aromatic carbocycles. The Morgan fingerprint density at radius 1 is 1.13 bits per heavy atom. The van der Waals surface area contributed by atoms with Crippen LogP contribution in [0.5, 0.6) is 11.8 Å². The van der Waals surface area contributed by atoms with Crippen molar-refractivity contribution in [3.63, 3.8) is 0 Å². The second-order valence-corrected chi connectivity index (χ2v) is 12.6. The van der Waals surface area contributed by atoms with E-state index in [0.29, 0.717) is 35.2 Å². The van der Waals surface area contributed by atoms with Gasteiger partial charge in [-0.15, -0.1) is 0 Å². The van der Waals surface area contributed by atoms with Crippen LogP contribution in [0.2, 0.25) is 0 Å². The number of halogens is 2. The van der Waals surface area contributed by atoms with E-state index >= 15 is 4.39 Å². The fraction of sp³-hybridized carbons (Fsp3) is 0.343. The third kappa shape index (κ3) is 4.79. The molecule has 2 aromatic heterocycles. The van der Waals surface area contributed by atoms with E-state index in [1.54, 1.807) is 19.1 Å². The van der Waals surface area contributed by atoms with Crippen LogP contribution in [0, 0.1) is 12.7 Å². The first kappa shape index (κ1) is 27.9. The lowest BCUT2D eigenvalue weighted by Crippen LogP contribution is -2.43. The molecule has 2 N–H and O–H groups in total. The molecule has 2 unspecified atom stereocenters. The second-order valence-electron chi connectivity index (χ2n) is 12.6. The van der Waals surface area contributed by atoms with Crippen molar-refractivity contribution in [2.75, 3.05) is 25.0 Å². The molecule has 10 heteroatoms. The molecule has 0 bridgehead atoms. The summed E-state index contributed by atoms with van der Waals surface area (Å²) in [6, 6.07) is 17.6. The van der Waals surface area contributed by atoms with Crippen LogP contribution >= 0.6 is 0 Å². The number of alkyl halides is 1. The van der Waals surface area contributed by atoms with Gasteiger partial charge < -0.3 is 19.6 Å². The molecule has 45 heavy (non-hydrogen) atoms. The summed E-state index contributed by atoms with van der Waals surface area (Å²) in [5, 5.41) is 14.8. The minimum Gasteiger partial charge on any atom is -0.508 e. The Hall–Kier alpha value is -4.57. The SMILES string of the molecule is Cc1c(-c2cc(O)cc3cccc(F)c23)oc(=O)c2c(NC3CC3c3ccccc3)nc(OC[C@@]34CCCN3C[C@H](F)C4)nc12. The molecular formula is C35H32F2N4O4. The molecule has 1 aliphatic carbocycles. The highest BCUT2D eigenvalue weighted by molar-refractivity contribution is 6.00. The molecule has 5 aromatic rings. The lowest BCUT2D eigenvalue weighted by atomic mass is 9.95. The number of rotatable bonds is 7. The molecule has 4 heterocycles. The minimum atomic E-state index is -0.902. The second kappa shape index (κ2) is 10.5. The van der Waals surface area contributed by atoms with Crippen LogP contribution in [0.15, 0.2) is 69.9 Å². The quantitative estimate of drug-likeness (QED) is 0.216. The smallest absolute Gasteiger partial charge is 0.349 e. The van der Waals surface area contributed by atoms with Crippen molar-refractivity contribution in [3.05, 3.63) is 88.0 Å². The zero-order valence-electron chi connectivity index (χ0n) is 24.7. The molecule has 8 rings (SSSR count). The summed E-state index contributed by atoms with van der Waals surface area (Å²) < 4.78 is 41.8. The maximum absolute atomic E-state index is 15.2. The highest BCUT2D eigenvalue weighted by atomic mass is 19.1. The van der Waals surface area contributed by atoms with E-state index in [1.165, 1.54) is 23.8 Å². The number of ether oxygens (including phenoxy) is 1. The Labute approximate surface area is 257 Å². The topological polar surface area (TPSA) is 101 Å². The average molecular weight is 611 g/mol. The van der Waals surface area contributed by atoms with Crippen molar-refractivity contribution in [2.24, 2.45) is 0 Å². The Balaban J connectivity index is 1.24. The molecule has 1 saturated carbocycles. The number of aryl methyl sites for hydroxylation is 1. The van der Waals surface area contributed by atoms with Gasteiger partial charge in [-0.05, 0) is 61.9 Å². The summed E-state index contributed by atoms with van der Waals surface area (Å²) in [6.45, 7) is 3.19. The first-order valence-corrected chi connectivity index (χ1v) is 15.4. The van der Waals surface area contributed by atoms with Crippen LogP contribution in [0.1, 0.15) is 42.7 Å². The molecule has 230 valence electrons. The molecule has 0 radical (unpaired) electrons. The molecule has 2 saturated heterocycles. The Bertz CT molecular complexity index is 2020. The maximum atomic E-state index is 15.2. The molecule has 4 atom stereocenters. The normalized spacial score (nSPS) is 24.3. The van der Waals surface area contributed by atoms with Gasteiger partial charge in [-0.1, -0.05) is 42.5 Å². The first-order chi connectivity index (χ1) is 21.8. The van der Waals surface area contributed by atoms with E-state index in [-0.39, 0.29) is 52.4 Å². The summed E-state index contributed by atoms with van der Waals surface area (Å²) in [5.41, 5.74) is 1.09. The number of benzene rings is 3. The van der Waals surface area contributed by atoms with Gasteiger partial charge in [0.2, 0.25) is 0 Å². The molecule has 8 nitrogen and oxygen atoms in total. The molecule has 2 aliphatic heterocycles. The molecule has 0 amide bonds. The zero-order valence-corrected chi connectivity index (χ0v) is 24.7. The fourth-order valence-electron chi connectivity index (χ4n) is 7.45. The highest BCUT2D eigenvalue weighted by Crippen LogP contribution is 2.44. The number of nitrogens with one attached hydrogen (secondary N) is 1. The third-order valence-electron chi connectivity index (χ3n) is 9.71. The number of phenolic OH excluding ortho intramolecular Hbond substituents is 1. The van der Waals surface area contributed by atoms with Crippen LogP contribution in [-0.4, -0.2) is 57.4 Å². The standard InChI is InChI=1S/C35H32F2N4O4/c1-19-30-29(33(43)45-31(19)25-14-23(42)13-21-9-5-10-26(37)28(21)25)32(38-27-15-24(27)20-7-3-2-4-8-20)40-34(39-30)44-18-35-11-6-12-41(35)17-22(36)16-35/h2-5,7-10,13-14,22,24,27,42H,6,11-12,15-18H2,1H3,(H,38,39,40)/t22-,24?,27?,35+/m1/s1. The molecule has 3 fully saturated rings. The van der Waals surface area contributed by atoms with Gasteiger partial charge in [0.25, 0.3) is 0 Å². The summed E-state index contributed by atoms with van der Waals surface area (Å²) in [6.07, 6.45) is 2.16. The van der Waals surface area contributed by atoms with Gasteiger partial charge in [0.05, 0.1) is 11.1 Å². The predicted octanol–water partition coefficient (Wildman–Crippen LogP) is 6.48. The average Bonchev–Trinajstić information content (AvgIpc) is 3.57. The predicted molar refractivity (Wildman–Crippen MR) is 167 cm³/mol. The van der Waals surface area contributed by atoms with Crippen LogP contribution in [0.3, 0.4) is 0 Å². The van der Waals surface area contributed by atoms with Gasteiger partial charge in [-0.3, -0.25) is 4.90 Å². The van der Waals surface area contributed by atoms with Crippen molar-refractivity contribution in [2.45, 2.75) is 56.3 Å². The number of fused-ring (bicyclic) bond motifs is 3. The van der Waals surface area contributed by atoms with Gasteiger partial charge >= 0.3 is 11.6 Å². The van der Waals surface area contributed by atoms with Crippen molar-refractivity contribution in [1.82, 2.24) is 14.9 Å². The fourth-order valence-corrected chi connectivity index (χ4v) is 7.45. The Kier molecular flexibility index (Phi) is 6.53. The van der Waals surface area contributed by atoms with Gasteiger partial charge in [0, 0.05) is 41.4 Å². The molecule has 0 spiro atoms. The van der Waals surface area contributed by atoms with E-state index in [1.807, 2.05) is 18.2 Å². The minimum absolute atomic E-state index is 0.0351. The van der Waals surface area contributed by atoms with Crippen LogP contribution < -0.4 is 15.7 Å². The van der Waals surface area contributed by atoms with E-state index in [2.05, 4.69) is 27.3 Å². The number of aromatic nitrogens is 2. The van der Waals surface area contributed by atoms with E-state index in [0.717, 1.165) is 25.8 Å². The number of hydrogen-bond donors (Lipinski definition) is 2. The van der Waals surface area contributed by atoms with Crippen molar-refractivity contribution in [3.8, 4) is 23.1 Å². The van der Waals surface area contributed by atoms with Gasteiger partial charge in [0.15, 0.2) is 0 Å². The number of aromatic hydroxyl groups is 1. The lowest BCUT2D eigenvalue weighted by Gasteiger charge is -2.30. The molecule has 3 aliphatic rings. The van der Waals surface area contributed by atoms with Gasteiger partial charge in [-0.25, -0.2) is 13.6 Å². The van der Waals surface area contributed by atoms with Crippen LogP contribution in [0.4, 0.5) is 14.6 Å². The third-order valence-corrected chi connectivity index (χ3v) is 9.71. The summed E-state index contributed by atoms with van der Waals surface area (Å²) in [4.78, 5) is 25.3. The summed E-state index contributed by atoms with van der Waals surface area (Å²) >= 11 is 0.